The Kier molecular flexibility index (Phi) is 4.15. The summed E-state index contributed by atoms with van der Waals surface area (Å²) in [5, 5.41) is 3.44. The summed E-state index contributed by atoms with van der Waals surface area (Å²) in [4.78, 5) is 4.38. The lowest BCUT2D eigenvalue weighted by molar-refractivity contribution is 0.398. The third kappa shape index (κ3) is 3.06. The fourth-order valence-electron chi connectivity index (χ4n) is 2.35. The molecule has 3 nitrogen and oxygen atoms in total. The van der Waals surface area contributed by atoms with Crippen LogP contribution in [0.4, 0.5) is 5.82 Å². The lowest BCUT2D eigenvalue weighted by Crippen LogP contribution is -2.30. The average molecular weight is 252 g/mol. The summed E-state index contributed by atoms with van der Waals surface area (Å²) in [7, 11) is 1.65. The van der Waals surface area contributed by atoms with Gasteiger partial charge < -0.3 is 10.1 Å². The molecule has 0 radical (unpaired) electrons. The average Bonchev–Trinajstić information content (AvgIpc) is 2.86. The zero-order chi connectivity index (χ0) is 12.1. The highest BCUT2D eigenvalue weighted by Gasteiger charge is 2.32. The molecular weight excluding hydrogens is 232 g/mol. The largest absolute Gasteiger partial charge is 0.481 e. The van der Waals surface area contributed by atoms with Crippen molar-refractivity contribution in [1.29, 1.82) is 0 Å². The van der Waals surface area contributed by atoms with E-state index in [1.807, 2.05) is 30.0 Å². The van der Waals surface area contributed by atoms with Gasteiger partial charge in [-0.05, 0) is 25.2 Å². The maximum atomic E-state index is 5.12. The molecule has 0 spiro atoms. The van der Waals surface area contributed by atoms with Gasteiger partial charge in [-0.15, -0.1) is 0 Å². The molecule has 1 heterocycles. The Hall–Kier alpha value is -0.900. The van der Waals surface area contributed by atoms with E-state index in [9.17, 15) is 0 Å². The van der Waals surface area contributed by atoms with E-state index in [0.29, 0.717) is 10.6 Å². The summed E-state index contributed by atoms with van der Waals surface area (Å²) >= 11 is 1.99. The Morgan fingerprint density at radius 3 is 2.82 bits per heavy atom. The molecule has 0 aliphatic heterocycles. The summed E-state index contributed by atoms with van der Waals surface area (Å²) in [5.41, 5.74) is 0. The monoisotopic (exact) mass is 252 g/mol. The predicted molar refractivity (Wildman–Crippen MR) is 74.0 cm³/mol. The molecule has 1 aromatic rings. The van der Waals surface area contributed by atoms with E-state index >= 15 is 0 Å². The van der Waals surface area contributed by atoms with E-state index in [1.54, 1.807) is 7.11 Å². The fourth-order valence-corrected chi connectivity index (χ4v) is 3.26. The number of methoxy groups -OCH3 is 1. The minimum Gasteiger partial charge on any atom is -0.481 e. The highest BCUT2D eigenvalue weighted by molar-refractivity contribution is 8.00. The van der Waals surface area contributed by atoms with Gasteiger partial charge in [0, 0.05) is 17.4 Å². The first-order valence-corrected chi connectivity index (χ1v) is 7.30. The number of anilines is 1. The van der Waals surface area contributed by atoms with Gasteiger partial charge in [-0.2, -0.15) is 16.7 Å². The number of nitrogens with one attached hydrogen (secondary N) is 1. The van der Waals surface area contributed by atoms with Crippen molar-refractivity contribution in [2.75, 3.05) is 25.2 Å². The summed E-state index contributed by atoms with van der Waals surface area (Å²) in [6, 6.07) is 5.82. The third-order valence-corrected chi connectivity index (χ3v) is 4.89. The van der Waals surface area contributed by atoms with Crippen molar-refractivity contribution in [3.8, 4) is 5.88 Å². The Labute approximate surface area is 107 Å². The summed E-state index contributed by atoms with van der Waals surface area (Å²) in [5.74, 6) is 1.57. The molecule has 0 amide bonds. The first-order chi connectivity index (χ1) is 8.28. The Morgan fingerprint density at radius 2 is 2.18 bits per heavy atom. The van der Waals surface area contributed by atoms with Gasteiger partial charge >= 0.3 is 0 Å². The molecule has 94 valence electrons. The molecule has 1 aromatic heterocycles. The van der Waals surface area contributed by atoms with Crippen LogP contribution in [0.15, 0.2) is 18.2 Å². The van der Waals surface area contributed by atoms with Crippen LogP contribution in [0, 0.1) is 0 Å². The van der Waals surface area contributed by atoms with Crippen LogP contribution in [0.1, 0.15) is 25.7 Å². The number of thioether (sulfide) groups is 1. The van der Waals surface area contributed by atoms with Gasteiger partial charge in [-0.1, -0.05) is 18.9 Å². The van der Waals surface area contributed by atoms with Crippen LogP contribution in [0.25, 0.3) is 0 Å². The van der Waals surface area contributed by atoms with E-state index in [-0.39, 0.29) is 0 Å². The molecule has 1 saturated carbocycles. The molecule has 1 aliphatic rings. The van der Waals surface area contributed by atoms with Crippen molar-refractivity contribution >= 4 is 17.6 Å². The van der Waals surface area contributed by atoms with Gasteiger partial charge in [0.2, 0.25) is 5.88 Å². The molecule has 0 unspecified atom stereocenters. The number of pyridine rings is 1. The molecule has 4 heteroatoms. The summed E-state index contributed by atoms with van der Waals surface area (Å²) in [6.45, 7) is 0.994. The molecule has 0 saturated heterocycles. The second-order valence-corrected chi connectivity index (χ2v) is 5.79. The number of hydrogen-bond donors (Lipinski definition) is 1. The van der Waals surface area contributed by atoms with Crippen LogP contribution in [-0.2, 0) is 0 Å². The maximum Gasteiger partial charge on any atom is 0.214 e. The van der Waals surface area contributed by atoms with E-state index in [2.05, 4.69) is 16.6 Å². The minimum absolute atomic E-state index is 0.407. The number of nitrogens with zero attached hydrogens (tertiary/aromatic N) is 1. The number of hydrogen-bond acceptors (Lipinski definition) is 4. The topological polar surface area (TPSA) is 34.1 Å². The number of aromatic nitrogens is 1. The quantitative estimate of drug-likeness (QED) is 0.872. The first-order valence-electron chi connectivity index (χ1n) is 6.08. The SMILES string of the molecule is COc1cccc(NCC2(SC)CCCC2)n1. The molecule has 1 N–H and O–H groups in total. The normalized spacial score (nSPS) is 18.0. The lowest BCUT2D eigenvalue weighted by Gasteiger charge is -2.27. The minimum atomic E-state index is 0.407. The van der Waals surface area contributed by atoms with E-state index in [0.717, 1.165) is 12.4 Å². The van der Waals surface area contributed by atoms with Crippen molar-refractivity contribution < 1.29 is 4.74 Å². The Bertz CT molecular complexity index is 364. The fraction of sp³-hybridized carbons (Fsp3) is 0.615. The Balaban J connectivity index is 1.96. The van der Waals surface area contributed by atoms with Crippen molar-refractivity contribution in [2.45, 2.75) is 30.4 Å². The van der Waals surface area contributed by atoms with Crippen molar-refractivity contribution in [3.63, 3.8) is 0 Å². The zero-order valence-electron chi connectivity index (χ0n) is 10.5. The van der Waals surface area contributed by atoms with Gasteiger partial charge in [0.25, 0.3) is 0 Å². The summed E-state index contributed by atoms with van der Waals surface area (Å²) in [6.07, 6.45) is 7.55. The maximum absolute atomic E-state index is 5.12. The van der Waals surface area contributed by atoms with Crippen LogP contribution in [0.2, 0.25) is 0 Å². The second kappa shape index (κ2) is 5.63. The van der Waals surface area contributed by atoms with Crippen LogP contribution < -0.4 is 10.1 Å². The van der Waals surface area contributed by atoms with E-state index in [4.69, 9.17) is 4.74 Å². The highest BCUT2D eigenvalue weighted by atomic mass is 32.2. The molecule has 0 aromatic carbocycles. The van der Waals surface area contributed by atoms with Crippen molar-refractivity contribution in [2.24, 2.45) is 0 Å². The Morgan fingerprint density at radius 1 is 1.41 bits per heavy atom. The number of rotatable bonds is 5. The third-order valence-electron chi connectivity index (χ3n) is 3.47. The van der Waals surface area contributed by atoms with Gasteiger partial charge in [0.15, 0.2) is 0 Å². The molecule has 0 atom stereocenters. The van der Waals surface area contributed by atoms with Crippen LogP contribution in [0.5, 0.6) is 5.88 Å². The van der Waals surface area contributed by atoms with Gasteiger partial charge in [-0.3, -0.25) is 0 Å². The molecule has 0 bridgehead atoms. The van der Waals surface area contributed by atoms with E-state index < -0.39 is 0 Å². The molecule has 17 heavy (non-hydrogen) atoms. The van der Waals surface area contributed by atoms with Crippen molar-refractivity contribution in [3.05, 3.63) is 18.2 Å². The lowest BCUT2D eigenvalue weighted by atomic mass is 10.1. The van der Waals surface area contributed by atoms with Crippen LogP contribution in [0.3, 0.4) is 0 Å². The summed E-state index contributed by atoms with van der Waals surface area (Å²) < 4.78 is 5.53. The molecule has 1 aliphatic carbocycles. The molecule has 2 rings (SSSR count). The molecule has 1 fully saturated rings. The standard InChI is InChI=1S/C13H20N2OS/c1-16-12-7-5-6-11(15-12)14-10-13(17-2)8-3-4-9-13/h5-7H,3-4,8-10H2,1-2H3,(H,14,15). The van der Waals surface area contributed by atoms with Gasteiger partial charge in [0.05, 0.1) is 7.11 Å². The number of ether oxygens (including phenoxy) is 1. The second-order valence-electron chi connectivity index (χ2n) is 4.51. The molecular formula is C13H20N2OS. The van der Waals surface area contributed by atoms with Crippen LogP contribution in [-0.4, -0.2) is 29.6 Å². The first kappa shape index (κ1) is 12.6. The van der Waals surface area contributed by atoms with Crippen LogP contribution >= 0.6 is 11.8 Å². The predicted octanol–water partition coefficient (Wildman–Crippen LogP) is 3.18. The smallest absolute Gasteiger partial charge is 0.214 e. The zero-order valence-corrected chi connectivity index (χ0v) is 11.3. The van der Waals surface area contributed by atoms with Gasteiger partial charge in [-0.25, -0.2) is 0 Å². The highest BCUT2D eigenvalue weighted by Crippen LogP contribution is 2.40. The van der Waals surface area contributed by atoms with Gasteiger partial charge in [0.1, 0.15) is 5.82 Å². The van der Waals surface area contributed by atoms with E-state index in [1.165, 1.54) is 25.7 Å². The van der Waals surface area contributed by atoms with Crippen molar-refractivity contribution in [1.82, 2.24) is 4.98 Å².